The fourth-order valence-corrected chi connectivity index (χ4v) is 4.71. The highest BCUT2D eigenvalue weighted by Crippen LogP contribution is 2.27. The second kappa shape index (κ2) is 8.81. The molecule has 25 heavy (non-hydrogen) atoms. The number of hydrogen-bond donors (Lipinski definition) is 3. The van der Waals surface area contributed by atoms with E-state index in [4.69, 9.17) is 0 Å². The number of anilines is 1. The van der Waals surface area contributed by atoms with Gasteiger partial charge in [-0.1, -0.05) is 18.2 Å². The first-order valence-corrected chi connectivity index (χ1v) is 10.5. The number of benzene rings is 1. The standard InChI is InChI=1S/C19H30N4OS/c1-2-20-18(21-14-19(24)10-12-25-15-19)22-16-7-6-11-23(13-16)17-8-4-3-5-9-17/h3-5,8-9,16,24H,2,6-7,10-15H2,1H3,(H2,20,21,22). The van der Waals surface area contributed by atoms with Gasteiger partial charge in [0.25, 0.3) is 0 Å². The minimum Gasteiger partial charge on any atom is -0.387 e. The Morgan fingerprint density at radius 3 is 2.96 bits per heavy atom. The first-order valence-electron chi connectivity index (χ1n) is 9.33. The molecule has 138 valence electrons. The lowest BCUT2D eigenvalue weighted by Gasteiger charge is -2.35. The average molecular weight is 363 g/mol. The second-order valence-corrected chi connectivity index (χ2v) is 8.09. The minimum atomic E-state index is -0.629. The van der Waals surface area contributed by atoms with Gasteiger partial charge in [-0.05, 0) is 44.1 Å². The molecule has 2 unspecified atom stereocenters. The van der Waals surface area contributed by atoms with Crippen molar-refractivity contribution in [1.29, 1.82) is 0 Å². The molecular weight excluding hydrogens is 332 g/mol. The maximum absolute atomic E-state index is 10.5. The van der Waals surface area contributed by atoms with Gasteiger partial charge in [-0.3, -0.25) is 4.99 Å². The van der Waals surface area contributed by atoms with Crippen LogP contribution in [0.4, 0.5) is 5.69 Å². The quantitative estimate of drug-likeness (QED) is 0.553. The van der Waals surface area contributed by atoms with E-state index in [2.05, 4.69) is 57.8 Å². The number of guanidine groups is 1. The number of para-hydroxylation sites is 1. The Balaban J connectivity index is 1.59. The molecule has 2 atom stereocenters. The van der Waals surface area contributed by atoms with E-state index in [9.17, 15) is 5.11 Å². The van der Waals surface area contributed by atoms with Crippen molar-refractivity contribution in [2.45, 2.75) is 37.8 Å². The van der Waals surface area contributed by atoms with E-state index in [1.165, 1.54) is 12.1 Å². The Kier molecular flexibility index (Phi) is 6.48. The maximum atomic E-state index is 10.5. The molecule has 5 nitrogen and oxygen atoms in total. The normalized spacial score (nSPS) is 27.4. The van der Waals surface area contributed by atoms with Crippen LogP contribution in [0.2, 0.25) is 0 Å². The number of aliphatic imine (C=N–C) groups is 1. The highest BCUT2D eigenvalue weighted by Gasteiger charge is 2.31. The zero-order valence-electron chi connectivity index (χ0n) is 15.1. The SMILES string of the molecule is CCNC(=NCC1(O)CCSC1)NC1CCCN(c2ccccc2)C1. The van der Waals surface area contributed by atoms with Crippen molar-refractivity contribution in [3.63, 3.8) is 0 Å². The smallest absolute Gasteiger partial charge is 0.191 e. The molecule has 0 bridgehead atoms. The lowest BCUT2D eigenvalue weighted by molar-refractivity contribution is 0.0778. The van der Waals surface area contributed by atoms with E-state index in [1.54, 1.807) is 0 Å². The Hall–Kier alpha value is -1.40. The monoisotopic (exact) mass is 362 g/mol. The van der Waals surface area contributed by atoms with Crippen molar-refractivity contribution < 1.29 is 5.11 Å². The summed E-state index contributed by atoms with van der Waals surface area (Å²) >= 11 is 1.81. The molecule has 2 saturated heterocycles. The van der Waals surface area contributed by atoms with Gasteiger partial charge in [0.05, 0.1) is 12.1 Å². The molecule has 2 heterocycles. The summed E-state index contributed by atoms with van der Waals surface area (Å²) in [5.74, 6) is 2.65. The fraction of sp³-hybridized carbons (Fsp3) is 0.632. The molecule has 0 amide bonds. The van der Waals surface area contributed by atoms with Crippen LogP contribution in [0.15, 0.2) is 35.3 Å². The van der Waals surface area contributed by atoms with Crippen LogP contribution in [0.1, 0.15) is 26.2 Å². The summed E-state index contributed by atoms with van der Waals surface area (Å²) in [5.41, 5.74) is 0.656. The second-order valence-electron chi connectivity index (χ2n) is 6.99. The van der Waals surface area contributed by atoms with Crippen LogP contribution < -0.4 is 15.5 Å². The Bertz CT molecular complexity index is 560. The summed E-state index contributed by atoms with van der Waals surface area (Å²) in [6.45, 7) is 5.47. The van der Waals surface area contributed by atoms with Crippen LogP contribution in [0.5, 0.6) is 0 Å². The summed E-state index contributed by atoms with van der Waals surface area (Å²) in [6, 6.07) is 11.0. The number of nitrogens with one attached hydrogen (secondary N) is 2. The minimum absolute atomic E-state index is 0.374. The van der Waals surface area contributed by atoms with Crippen molar-refractivity contribution in [3.05, 3.63) is 30.3 Å². The highest BCUT2D eigenvalue weighted by atomic mass is 32.2. The van der Waals surface area contributed by atoms with Gasteiger partial charge in [-0.25, -0.2) is 0 Å². The summed E-state index contributed by atoms with van der Waals surface area (Å²) in [7, 11) is 0. The molecule has 0 aromatic heterocycles. The fourth-order valence-electron chi connectivity index (χ4n) is 3.43. The third kappa shape index (κ3) is 5.28. The Labute approximate surface area is 155 Å². The van der Waals surface area contributed by atoms with Gasteiger partial charge in [0.15, 0.2) is 5.96 Å². The van der Waals surface area contributed by atoms with Crippen molar-refractivity contribution >= 4 is 23.4 Å². The largest absolute Gasteiger partial charge is 0.387 e. The third-order valence-corrected chi connectivity index (χ3v) is 6.08. The van der Waals surface area contributed by atoms with Crippen LogP contribution in [-0.4, -0.2) is 60.4 Å². The molecule has 0 radical (unpaired) electrons. The van der Waals surface area contributed by atoms with Crippen molar-refractivity contribution in [3.8, 4) is 0 Å². The van der Waals surface area contributed by atoms with Gasteiger partial charge in [0.2, 0.25) is 0 Å². The molecule has 1 aromatic carbocycles. The lowest BCUT2D eigenvalue weighted by atomic mass is 10.0. The molecule has 2 fully saturated rings. The highest BCUT2D eigenvalue weighted by molar-refractivity contribution is 7.99. The number of aliphatic hydroxyl groups is 1. The van der Waals surface area contributed by atoms with Crippen molar-refractivity contribution in [2.75, 3.05) is 42.6 Å². The molecule has 2 aliphatic heterocycles. The van der Waals surface area contributed by atoms with Gasteiger partial charge in [0, 0.05) is 37.1 Å². The van der Waals surface area contributed by atoms with Gasteiger partial charge in [0.1, 0.15) is 0 Å². The van der Waals surface area contributed by atoms with Crippen LogP contribution >= 0.6 is 11.8 Å². The number of thioether (sulfide) groups is 1. The number of rotatable bonds is 5. The topological polar surface area (TPSA) is 59.9 Å². The molecule has 0 spiro atoms. The lowest BCUT2D eigenvalue weighted by Crippen LogP contribution is -2.51. The summed E-state index contributed by atoms with van der Waals surface area (Å²) < 4.78 is 0. The van der Waals surface area contributed by atoms with Crippen molar-refractivity contribution in [2.24, 2.45) is 4.99 Å². The molecular formula is C19H30N4OS. The van der Waals surface area contributed by atoms with E-state index in [0.717, 1.165) is 49.9 Å². The molecule has 3 rings (SSSR count). The average Bonchev–Trinajstić information content (AvgIpc) is 3.08. The van der Waals surface area contributed by atoms with Crippen molar-refractivity contribution in [1.82, 2.24) is 10.6 Å². The molecule has 3 N–H and O–H groups in total. The zero-order chi connectivity index (χ0) is 17.5. The van der Waals surface area contributed by atoms with Crippen LogP contribution in [0, 0.1) is 0 Å². The Morgan fingerprint density at radius 2 is 2.24 bits per heavy atom. The van der Waals surface area contributed by atoms with E-state index in [1.807, 2.05) is 11.8 Å². The predicted octanol–water partition coefficient (Wildman–Crippen LogP) is 2.08. The molecule has 0 saturated carbocycles. The first-order chi connectivity index (χ1) is 12.2. The van der Waals surface area contributed by atoms with E-state index in [0.29, 0.717) is 12.6 Å². The predicted molar refractivity (Wildman–Crippen MR) is 108 cm³/mol. The van der Waals surface area contributed by atoms with Crippen LogP contribution in [0.3, 0.4) is 0 Å². The third-order valence-electron chi connectivity index (χ3n) is 4.84. The Morgan fingerprint density at radius 1 is 1.40 bits per heavy atom. The summed E-state index contributed by atoms with van der Waals surface area (Å²) in [6.07, 6.45) is 3.16. The van der Waals surface area contributed by atoms with E-state index in [-0.39, 0.29) is 0 Å². The first kappa shape index (κ1) is 18.4. The van der Waals surface area contributed by atoms with Gasteiger partial charge in [-0.15, -0.1) is 0 Å². The molecule has 1 aromatic rings. The van der Waals surface area contributed by atoms with Gasteiger partial charge < -0.3 is 20.6 Å². The molecule has 0 aliphatic carbocycles. The molecule has 6 heteroatoms. The van der Waals surface area contributed by atoms with Crippen LogP contribution in [-0.2, 0) is 0 Å². The molecule has 2 aliphatic rings. The zero-order valence-corrected chi connectivity index (χ0v) is 15.9. The van der Waals surface area contributed by atoms with Crippen LogP contribution in [0.25, 0.3) is 0 Å². The number of piperidine rings is 1. The van der Waals surface area contributed by atoms with E-state index >= 15 is 0 Å². The number of nitrogens with zero attached hydrogens (tertiary/aromatic N) is 2. The maximum Gasteiger partial charge on any atom is 0.191 e. The van der Waals surface area contributed by atoms with E-state index < -0.39 is 5.60 Å². The summed E-state index contributed by atoms with van der Waals surface area (Å²) in [4.78, 5) is 7.11. The van der Waals surface area contributed by atoms with Gasteiger partial charge in [-0.2, -0.15) is 11.8 Å². The number of hydrogen-bond acceptors (Lipinski definition) is 4. The summed E-state index contributed by atoms with van der Waals surface area (Å²) in [5, 5.41) is 17.4. The van der Waals surface area contributed by atoms with Gasteiger partial charge >= 0.3 is 0 Å².